The van der Waals surface area contributed by atoms with E-state index in [1.54, 1.807) is 43.3 Å². The van der Waals surface area contributed by atoms with Crippen molar-refractivity contribution in [2.45, 2.75) is 6.92 Å². The Hall–Kier alpha value is -3.32. The molecule has 0 radical (unpaired) electrons. The molecule has 28 heavy (non-hydrogen) atoms. The van der Waals surface area contributed by atoms with Crippen molar-refractivity contribution in [1.82, 2.24) is 0 Å². The van der Waals surface area contributed by atoms with Gasteiger partial charge in [-0.15, -0.1) is 0 Å². The predicted molar refractivity (Wildman–Crippen MR) is 104 cm³/mol. The van der Waals surface area contributed by atoms with Crippen molar-refractivity contribution in [3.8, 4) is 5.75 Å². The summed E-state index contributed by atoms with van der Waals surface area (Å²) in [7, 11) is 1.44. The Labute approximate surface area is 164 Å². The van der Waals surface area contributed by atoms with Crippen molar-refractivity contribution >= 4 is 40.1 Å². The number of methoxy groups -OCH3 is 1. The Morgan fingerprint density at radius 3 is 2.68 bits per heavy atom. The lowest BCUT2D eigenvalue weighted by atomic mass is 10.2. The molecule has 0 aliphatic heterocycles. The molecule has 0 aliphatic rings. The van der Waals surface area contributed by atoms with E-state index in [9.17, 15) is 14.4 Å². The predicted octanol–water partition coefficient (Wildman–Crippen LogP) is 3.56. The smallest absolute Gasteiger partial charge is 0.351 e. The van der Waals surface area contributed by atoms with E-state index in [0.29, 0.717) is 27.4 Å². The van der Waals surface area contributed by atoms with E-state index in [0.717, 1.165) is 5.56 Å². The Morgan fingerprint density at radius 1 is 1.18 bits per heavy atom. The van der Waals surface area contributed by atoms with Crippen molar-refractivity contribution in [2.24, 2.45) is 0 Å². The molecule has 3 rings (SSSR count). The normalized spacial score (nSPS) is 10.5. The first kappa shape index (κ1) is 19.4. The average Bonchev–Trinajstić information content (AvgIpc) is 2.68. The molecule has 7 nitrogen and oxygen atoms in total. The highest BCUT2D eigenvalue weighted by Gasteiger charge is 2.17. The van der Waals surface area contributed by atoms with E-state index in [-0.39, 0.29) is 5.56 Å². The first-order chi connectivity index (χ1) is 13.4. The van der Waals surface area contributed by atoms with E-state index in [1.165, 1.54) is 13.2 Å². The number of para-hydroxylation sites is 1. The molecule has 0 aliphatic carbocycles. The highest BCUT2D eigenvalue weighted by molar-refractivity contribution is 6.31. The third-order valence-corrected chi connectivity index (χ3v) is 4.36. The van der Waals surface area contributed by atoms with Crippen molar-refractivity contribution < 1.29 is 23.5 Å². The summed E-state index contributed by atoms with van der Waals surface area (Å²) < 4.78 is 15.2. The zero-order valence-corrected chi connectivity index (χ0v) is 15.8. The van der Waals surface area contributed by atoms with Crippen LogP contribution >= 0.6 is 11.6 Å². The van der Waals surface area contributed by atoms with Gasteiger partial charge >= 0.3 is 11.6 Å². The summed E-state index contributed by atoms with van der Waals surface area (Å²) in [6, 6.07) is 11.3. The number of esters is 1. The summed E-state index contributed by atoms with van der Waals surface area (Å²) in [6.07, 6.45) is 0. The van der Waals surface area contributed by atoms with E-state index in [4.69, 9.17) is 25.5 Å². The molecule has 0 saturated carbocycles. The topological polar surface area (TPSA) is 94.8 Å². The molecule has 3 aromatic rings. The number of nitrogens with one attached hydrogen (secondary N) is 1. The summed E-state index contributed by atoms with van der Waals surface area (Å²) in [6.45, 7) is 1.19. The Morgan fingerprint density at radius 2 is 1.93 bits per heavy atom. The van der Waals surface area contributed by atoms with Gasteiger partial charge in [0.2, 0.25) is 0 Å². The number of amides is 1. The lowest BCUT2D eigenvalue weighted by molar-refractivity contribution is -0.119. The quantitative estimate of drug-likeness (QED) is 0.519. The number of aryl methyl sites for hydroxylation is 1. The highest BCUT2D eigenvalue weighted by Crippen LogP contribution is 2.30. The maximum absolute atomic E-state index is 12.2. The van der Waals surface area contributed by atoms with Crippen LogP contribution in [0.1, 0.15) is 15.9 Å². The molecule has 0 fully saturated rings. The highest BCUT2D eigenvalue weighted by atomic mass is 35.5. The number of hydrogen-bond acceptors (Lipinski definition) is 6. The summed E-state index contributed by atoms with van der Waals surface area (Å²) in [5, 5.41) is 3.64. The minimum Gasteiger partial charge on any atom is -0.495 e. The van der Waals surface area contributed by atoms with Gasteiger partial charge in [0.1, 0.15) is 16.9 Å². The second-order valence-electron chi connectivity index (χ2n) is 5.91. The Kier molecular flexibility index (Phi) is 5.65. The van der Waals surface area contributed by atoms with Gasteiger partial charge in [0.25, 0.3) is 5.91 Å². The Bertz CT molecular complexity index is 1120. The zero-order valence-electron chi connectivity index (χ0n) is 15.1. The third-order valence-electron chi connectivity index (χ3n) is 3.95. The number of carbonyl (C=O) groups is 2. The first-order valence-electron chi connectivity index (χ1n) is 8.23. The number of ether oxygens (including phenoxy) is 2. The van der Waals surface area contributed by atoms with Crippen LogP contribution in [-0.4, -0.2) is 25.6 Å². The van der Waals surface area contributed by atoms with Crippen LogP contribution in [0.15, 0.2) is 51.7 Å². The van der Waals surface area contributed by atoms with Crippen molar-refractivity contribution in [3.63, 3.8) is 0 Å². The Balaban J connectivity index is 1.70. The average molecular weight is 402 g/mol. The molecule has 1 N–H and O–H groups in total. The molecule has 144 valence electrons. The molecule has 2 aromatic carbocycles. The van der Waals surface area contributed by atoms with Gasteiger partial charge in [0, 0.05) is 16.5 Å². The second-order valence-corrected chi connectivity index (χ2v) is 6.32. The largest absolute Gasteiger partial charge is 0.495 e. The molecule has 0 atom stereocenters. The van der Waals surface area contributed by atoms with Gasteiger partial charge < -0.3 is 19.2 Å². The number of benzene rings is 2. The van der Waals surface area contributed by atoms with E-state index >= 15 is 0 Å². The summed E-state index contributed by atoms with van der Waals surface area (Å²) >= 11 is 6.03. The molecule has 0 unspecified atom stereocenters. The number of anilines is 1. The number of carbonyl (C=O) groups excluding carboxylic acids is 2. The van der Waals surface area contributed by atoms with Crippen LogP contribution in [0.2, 0.25) is 5.02 Å². The van der Waals surface area contributed by atoms with Crippen LogP contribution in [0.5, 0.6) is 5.75 Å². The van der Waals surface area contributed by atoms with E-state index < -0.39 is 24.1 Å². The van der Waals surface area contributed by atoms with Crippen LogP contribution in [0, 0.1) is 6.92 Å². The van der Waals surface area contributed by atoms with E-state index in [1.807, 2.05) is 0 Å². The number of hydrogen-bond donors (Lipinski definition) is 1. The maximum Gasteiger partial charge on any atom is 0.351 e. The van der Waals surface area contributed by atoms with Crippen LogP contribution in [-0.2, 0) is 9.53 Å². The number of halogens is 1. The maximum atomic E-state index is 12.2. The number of rotatable bonds is 5. The molecule has 1 aromatic heterocycles. The lowest BCUT2D eigenvalue weighted by Gasteiger charge is -2.12. The zero-order chi connectivity index (χ0) is 20.3. The van der Waals surface area contributed by atoms with Gasteiger partial charge in [-0.3, -0.25) is 4.79 Å². The van der Waals surface area contributed by atoms with Gasteiger partial charge in [-0.2, -0.15) is 0 Å². The lowest BCUT2D eigenvalue weighted by Crippen LogP contribution is -2.23. The van der Waals surface area contributed by atoms with Crippen molar-refractivity contribution in [1.29, 1.82) is 0 Å². The second kappa shape index (κ2) is 8.14. The standard InChI is InChI=1S/C20H16ClNO6/c1-11-7-15(17(26-2)9-14(11)21)22-18(23)10-27-19(24)13-8-12-5-3-4-6-16(12)28-20(13)25/h3-9H,10H2,1-2H3,(H,22,23). The summed E-state index contributed by atoms with van der Waals surface area (Å²) in [4.78, 5) is 36.3. The van der Waals surface area contributed by atoms with Crippen molar-refractivity contribution in [3.05, 3.63) is 69.0 Å². The molecule has 1 heterocycles. The van der Waals surface area contributed by atoms with Gasteiger partial charge in [-0.05, 0) is 30.7 Å². The van der Waals surface area contributed by atoms with Gasteiger partial charge in [-0.1, -0.05) is 29.8 Å². The molecular formula is C20H16ClNO6. The fourth-order valence-electron chi connectivity index (χ4n) is 2.53. The van der Waals surface area contributed by atoms with Crippen LogP contribution < -0.4 is 15.7 Å². The molecule has 0 saturated heterocycles. The summed E-state index contributed by atoms with van der Waals surface area (Å²) in [5.41, 5.74) is 0.358. The summed E-state index contributed by atoms with van der Waals surface area (Å²) in [5.74, 6) is -1.18. The fraction of sp³-hybridized carbons (Fsp3) is 0.150. The SMILES string of the molecule is COc1cc(Cl)c(C)cc1NC(=O)COC(=O)c1cc2ccccc2oc1=O. The molecule has 0 spiro atoms. The van der Waals surface area contributed by atoms with Gasteiger partial charge in [0.05, 0.1) is 12.8 Å². The minimum absolute atomic E-state index is 0.286. The first-order valence-corrected chi connectivity index (χ1v) is 8.61. The van der Waals surface area contributed by atoms with Gasteiger partial charge in [0.15, 0.2) is 6.61 Å². The third kappa shape index (κ3) is 4.15. The number of fused-ring (bicyclic) bond motifs is 1. The molecule has 0 bridgehead atoms. The van der Waals surface area contributed by atoms with Crippen LogP contribution in [0.3, 0.4) is 0 Å². The molecule has 1 amide bonds. The van der Waals surface area contributed by atoms with Crippen molar-refractivity contribution in [2.75, 3.05) is 19.0 Å². The van der Waals surface area contributed by atoms with Crippen LogP contribution in [0.25, 0.3) is 11.0 Å². The fourth-order valence-corrected chi connectivity index (χ4v) is 2.68. The van der Waals surface area contributed by atoms with Crippen LogP contribution in [0.4, 0.5) is 5.69 Å². The molecular weight excluding hydrogens is 386 g/mol. The van der Waals surface area contributed by atoms with Gasteiger partial charge in [-0.25, -0.2) is 9.59 Å². The minimum atomic E-state index is -0.950. The monoisotopic (exact) mass is 401 g/mol. The molecule has 8 heteroatoms. The van der Waals surface area contributed by atoms with E-state index in [2.05, 4.69) is 5.32 Å².